The second kappa shape index (κ2) is 9.48. The highest BCUT2D eigenvalue weighted by atomic mass is 32.1. The molecule has 0 radical (unpaired) electrons. The Morgan fingerprint density at radius 3 is 2.74 bits per heavy atom. The maximum atomic E-state index is 5.68. The molecule has 0 atom stereocenters. The number of thiophene rings is 1. The van der Waals surface area contributed by atoms with Gasteiger partial charge in [-0.15, -0.1) is 11.3 Å². The van der Waals surface area contributed by atoms with Crippen molar-refractivity contribution in [3.05, 3.63) is 40.5 Å². The van der Waals surface area contributed by atoms with Crippen molar-refractivity contribution in [1.29, 1.82) is 0 Å². The number of hydrogen-bond acceptors (Lipinski definition) is 8. The van der Waals surface area contributed by atoms with Gasteiger partial charge in [0.05, 0.1) is 31.8 Å². The van der Waals surface area contributed by atoms with Gasteiger partial charge in [-0.05, 0) is 49.1 Å². The van der Waals surface area contributed by atoms with Crippen LogP contribution in [0.5, 0.6) is 5.75 Å². The van der Waals surface area contributed by atoms with Crippen molar-refractivity contribution < 1.29 is 14.2 Å². The normalized spacial score (nSPS) is 16.5. The molecular formula is C23H28N4O3S. The minimum atomic E-state index is 0.543. The third-order valence-corrected chi connectivity index (χ3v) is 6.94. The minimum Gasteiger partial charge on any atom is -0.491 e. The molecule has 31 heavy (non-hydrogen) atoms. The lowest BCUT2D eigenvalue weighted by Gasteiger charge is -2.25. The van der Waals surface area contributed by atoms with Gasteiger partial charge in [0.25, 0.3) is 0 Å². The second-order valence-electron chi connectivity index (χ2n) is 7.91. The van der Waals surface area contributed by atoms with E-state index in [4.69, 9.17) is 24.2 Å². The zero-order chi connectivity index (χ0) is 21.0. The van der Waals surface area contributed by atoms with Crippen LogP contribution in [0.1, 0.15) is 22.7 Å². The first-order valence-corrected chi connectivity index (χ1v) is 11.7. The van der Waals surface area contributed by atoms with Crippen molar-refractivity contribution in [2.75, 3.05) is 51.9 Å². The molecule has 164 valence electrons. The average Bonchev–Trinajstić information content (AvgIpc) is 3.37. The molecule has 0 bridgehead atoms. The number of nitrogens with one attached hydrogen (secondary N) is 1. The number of rotatable bonds is 8. The summed E-state index contributed by atoms with van der Waals surface area (Å²) in [6.07, 6.45) is 3.49. The zero-order valence-corrected chi connectivity index (χ0v) is 18.7. The molecule has 3 aromatic rings. The van der Waals surface area contributed by atoms with Crippen molar-refractivity contribution in [2.24, 2.45) is 0 Å². The van der Waals surface area contributed by atoms with Crippen LogP contribution in [-0.4, -0.2) is 61.5 Å². The van der Waals surface area contributed by atoms with Gasteiger partial charge in [-0.25, -0.2) is 9.97 Å². The van der Waals surface area contributed by atoms with E-state index in [1.165, 1.54) is 22.2 Å². The van der Waals surface area contributed by atoms with Crippen molar-refractivity contribution in [1.82, 2.24) is 14.9 Å². The Labute approximate surface area is 186 Å². The molecule has 3 heterocycles. The number of nitrogens with zero attached hydrogens (tertiary/aromatic N) is 3. The van der Waals surface area contributed by atoms with E-state index >= 15 is 0 Å². The van der Waals surface area contributed by atoms with Crippen molar-refractivity contribution in [3.8, 4) is 5.75 Å². The molecule has 1 saturated heterocycles. The van der Waals surface area contributed by atoms with Crippen LogP contribution < -0.4 is 10.1 Å². The maximum Gasteiger partial charge on any atom is 0.146 e. The Bertz CT molecular complexity index is 1030. The molecule has 5 rings (SSSR count). The molecule has 0 saturated carbocycles. The molecule has 1 fully saturated rings. The van der Waals surface area contributed by atoms with E-state index < -0.39 is 0 Å². The molecule has 0 amide bonds. The maximum absolute atomic E-state index is 5.68. The van der Waals surface area contributed by atoms with E-state index in [1.807, 2.05) is 35.6 Å². The smallest absolute Gasteiger partial charge is 0.146 e. The van der Waals surface area contributed by atoms with Gasteiger partial charge in [-0.2, -0.15) is 0 Å². The highest BCUT2D eigenvalue weighted by molar-refractivity contribution is 7.19. The first kappa shape index (κ1) is 20.6. The third kappa shape index (κ3) is 4.67. The van der Waals surface area contributed by atoms with Crippen LogP contribution in [0.25, 0.3) is 10.2 Å². The molecule has 1 aliphatic carbocycles. The number of aromatic nitrogens is 2. The van der Waals surface area contributed by atoms with Crippen LogP contribution in [0.3, 0.4) is 0 Å². The largest absolute Gasteiger partial charge is 0.491 e. The van der Waals surface area contributed by atoms with E-state index in [2.05, 4.69) is 10.2 Å². The summed E-state index contributed by atoms with van der Waals surface area (Å²) in [5.74, 6) is 2.62. The number of ether oxygens (including phenoxy) is 3. The molecule has 1 aromatic carbocycles. The van der Waals surface area contributed by atoms with Gasteiger partial charge >= 0.3 is 0 Å². The number of hydrogen-bond donors (Lipinski definition) is 1. The Morgan fingerprint density at radius 1 is 1.10 bits per heavy atom. The molecule has 7 nitrogen and oxygen atoms in total. The van der Waals surface area contributed by atoms with Crippen molar-refractivity contribution in [3.63, 3.8) is 0 Å². The molecule has 0 spiro atoms. The third-order valence-electron chi connectivity index (χ3n) is 5.75. The Hall–Kier alpha value is -2.26. The number of morpholine rings is 1. The van der Waals surface area contributed by atoms with E-state index in [0.717, 1.165) is 73.6 Å². The van der Waals surface area contributed by atoms with Crippen molar-refractivity contribution in [2.45, 2.75) is 25.8 Å². The van der Waals surface area contributed by atoms with Gasteiger partial charge in [-0.1, -0.05) is 0 Å². The summed E-state index contributed by atoms with van der Waals surface area (Å²) in [4.78, 5) is 14.9. The summed E-state index contributed by atoms with van der Waals surface area (Å²) in [6, 6.07) is 8.01. The fourth-order valence-corrected chi connectivity index (χ4v) is 5.45. The topological polar surface area (TPSA) is 68.7 Å². The summed E-state index contributed by atoms with van der Waals surface area (Å²) in [5, 5.41) is 4.76. The van der Waals surface area contributed by atoms with Crippen LogP contribution in [-0.2, 0) is 28.9 Å². The number of aryl methyl sites for hydroxylation is 2. The van der Waals surface area contributed by atoms with Crippen LogP contribution in [0, 0.1) is 0 Å². The van der Waals surface area contributed by atoms with Crippen LogP contribution >= 0.6 is 11.3 Å². The number of fused-ring (bicyclic) bond motifs is 3. The number of anilines is 2. The fourth-order valence-electron chi connectivity index (χ4n) is 4.17. The molecule has 2 aliphatic rings. The van der Waals surface area contributed by atoms with E-state index in [0.29, 0.717) is 13.2 Å². The first-order chi connectivity index (χ1) is 15.3. The number of methoxy groups -OCH3 is 1. The van der Waals surface area contributed by atoms with Gasteiger partial charge in [0, 0.05) is 30.8 Å². The standard InChI is InChI=1S/C23H28N4O3S/c1-28-13-14-30-17-7-5-16(6-8-17)24-22-21-18-3-2-4-19(18)31-23(21)26-20(25-22)15-27-9-11-29-12-10-27/h5-8H,2-4,9-15H2,1H3,(H,24,25,26). The highest BCUT2D eigenvalue weighted by Gasteiger charge is 2.23. The Balaban J connectivity index is 1.41. The van der Waals surface area contributed by atoms with Gasteiger partial charge < -0.3 is 19.5 Å². The molecule has 1 N–H and O–H groups in total. The van der Waals surface area contributed by atoms with Crippen molar-refractivity contribution >= 4 is 33.1 Å². The molecule has 8 heteroatoms. The molecule has 0 unspecified atom stereocenters. The van der Waals surface area contributed by atoms with E-state index in [-0.39, 0.29) is 0 Å². The van der Waals surface area contributed by atoms with E-state index in [9.17, 15) is 0 Å². The lowest BCUT2D eigenvalue weighted by atomic mass is 10.2. The van der Waals surface area contributed by atoms with Crippen LogP contribution in [0.4, 0.5) is 11.5 Å². The minimum absolute atomic E-state index is 0.543. The molecule has 2 aromatic heterocycles. The van der Waals surface area contributed by atoms with Gasteiger partial charge in [0.2, 0.25) is 0 Å². The Kier molecular flexibility index (Phi) is 6.31. The van der Waals surface area contributed by atoms with Gasteiger partial charge in [-0.3, -0.25) is 4.90 Å². The quantitative estimate of drug-likeness (QED) is 0.535. The zero-order valence-electron chi connectivity index (χ0n) is 17.9. The highest BCUT2D eigenvalue weighted by Crippen LogP contribution is 2.40. The molecular weight excluding hydrogens is 412 g/mol. The first-order valence-electron chi connectivity index (χ1n) is 10.9. The van der Waals surface area contributed by atoms with Gasteiger partial charge in [0.1, 0.15) is 28.8 Å². The van der Waals surface area contributed by atoms with Crippen LogP contribution in [0.2, 0.25) is 0 Å². The lowest BCUT2D eigenvalue weighted by molar-refractivity contribution is 0.0331. The number of benzene rings is 1. The van der Waals surface area contributed by atoms with Crippen LogP contribution in [0.15, 0.2) is 24.3 Å². The SMILES string of the molecule is COCCOc1ccc(Nc2nc(CN3CCOCC3)nc3sc4c(c23)CCC4)cc1. The summed E-state index contributed by atoms with van der Waals surface area (Å²) in [5.41, 5.74) is 2.43. The average molecular weight is 441 g/mol. The summed E-state index contributed by atoms with van der Waals surface area (Å²) in [7, 11) is 1.67. The summed E-state index contributed by atoms with van der Waals surface area (Å²) >= 11 is 1.83. The summed E-state index contributed by atoms with van der Waals surface area (Å²) in [6.45, 7) is 5.28. The van der Waals surface area contributed by atoms with Gasteiger partial charge in [0.15, 0.2) is 0 Å². The lowest BCUT2D eigenvalue weighted by Crippen LogP contribution is -2.36. The predicted octanol–water partition coefficient (Wildman–Crippen LogP) is 3.78. The predicted molar refractivity (Wildman–Crippen MR) is 123 cm³/mol. The second-order valence-corrected chi connectivity index (χ2v) is 8.99. The fraction of sp³-hybridized carbons (Fsp3) is 0.478. The Morgan fingerprint density at radius 2 is 1.94 bits per heavy atom. The summed E-state index contributed by atoms with van der Waals surface area (Å²) < 4.78 is 16.2. The monoisotopic (exact) mass is 440 g/mol. The van der Waals surface area contributed by atoms with E-state index in [1.54, 1.807) is 7.11 Å². The molecule has 1 aliphatic heterocycles.